The number of furan rings is 2. The van der Waals surface area contributed by atoms with Gasteiger partial charge >= 0.3 is 0 Å². The Balaban J connectivity index is 0.000000187. The van der Waals surface area contributed by atoms with E-state index in [1.165, 1.54) is 13.8 Å². The number of fused-ring (bicyclic) bond motifs is 20. The van der Waals surface area contributed by atoms with Crippen LogP contribution in [0.15, 0.2) is 341 Å². The zero-order valence-electron chi connectivity index (χ0n) is 112. The second-order valence-electron chi connectivity index (χ2n) is 25.0. The first-order chi connectivity index (χ1) is 75.7. The smallest absolute Gasteiger partial charge is 0.136 e. The highest BCUT2D eigenvalue weighted by atomic mass is 16.3. The molecule has 0 aliphatic heterocycles. The van der Waals surface area contributed by atoms with Gasteiger partial charge in [0.05, 0.1) is 75.4 Å². The van der Waals surface area contributed by atoms with Crippen molar-refractivity contribution in [2.24, 2.45) is 0 Å². The van der Waals surface area contributed by atoms with Gasteiger partial charge in [0, 0.05) is 43.8 Å². The summed E-state index contributed by atoms with van der Waals surface area (Å²) in [5.74, 6) is -1.99. The van der Waals surface area contributed by atoms with Crippen LogP contribution in [0.5, 0.6) is 0 Å². The van der Waals surface area contributed by atoms with Crippen LogP contribution in [0, 0.1) is 0 Å². The molecule has 104 heavy (non-hydrogen) atoms. The third kappa shape index (κ3) is 9.07. The number of allylic oxidation sites excluding steroid dienone is 4. The number of benzene rings is 17. The molecule has 17 aromatic carbocycles. The maximum atomic E-state index is 10.1. The molecular formula is C102H70O2. The Kier molecular flexibility index (Phi) is 5.67. The minimum Gasteiger partial charge on any atom is -0.456 e. The van der Waals surface area contributed by atoms with E-state index < -0.39 is 554 Å². The molecule has 2 nitrogen and oxygen atoms in total. The monoisotopic (exact) mass is 1390 g/mol. The molecule has 0 spiro atoms. The molecule has 3 aliphatic rings. The number of hydrogen-bond donors (Lipinski definition) is 0. The largest absolute Gasteiger partial charge is 0.456 e. The van der Waals surface area contributed by atoms with Gasteiger partial charge in [-0.3, -0.25) is 0 Å². The summed E-state index contributed by atoms with van der Waals surface area (Å²) in [4.78, 5) is 0. The van der Waals surface area contributed by atoms with E-state index in [0.29, 0.717) is 0 Å². The number of rotatable bonds is 6. The average Bonchev–Trinajstić information content (AvgIpc) is 1.32. The minimum atomic E-state index is -3.27. The van der Waals surface area contributed by atoms with Crippen LogP contribution < -0.4 is 0 Å². The maximum absolute atomic E-state index is 10.1. The summed E-state index contributed by atoms with van der Waals surface area (Å²) in [6.07, 6.45) is -2.22. The lowest BCUT2D eigenvalue weighted by molar-refractivity contribution is 0.658. The van der Waals surface area contributed by atoms with Gasteiger partial charge < -0.3 is 8.83 Å². The van der Waals surface area contributed by atoms with Gasteiger partial charge in [-0.05, 0) is 219 Å². The molecule has 490 valence electrons. The van der Waals surface area contributed by atoms with Crippen molar-refractivity contribution in [2.75, 3.05) is 0 Å². The molecule has 0 amide bonds. The third-order valence-corrected chi connectivity index (χ3v) is 18.9. The fourth-order valence-corrected chi connectivity index (χ4v) is 14.1. The fraction of sp³-hybridized carbons (Fsp3) is 0.0784. The Labute approximate surface area is 686 Å². The van der Waals surface area contributed by atoms with Crippen molar-refractivity contribution in [3.63, 3.8) is 0 Å². The molecular weight excluding hydrogens is 1260 g/mol. The average molecular weight is 1390 g/mol. The van der Waals surface area contributed by atoms with Crippen LogP contribution in [-0.4, -0.2) is 0 Å². The van der Waals surface area contributed by atoms with Gasteiger partial charge in [-0.25, -0.2) is 0 Å². The van der Waals surface area contributed by atoms with Gasteiger partial charge in [-0.15, -0.1) is 0 Å². The van der Waals surface area contributed by atoms with Crippen LogP contribution >= 0.6 is 0 Å². The van der Waals surface area contributed by atoms with Gasteiger partial charge in [0.1, 0.15) is 22.3 Å². The molecule has 3 atom stereocenters. The molecule has 0 saturated carbocycles. The summed E-state index contributed by atoms with van der Waals surface area (Å²) in [6, 6.07) is -49.0. The Bertz CT molecular complexity index is 10400. The van der Waals surface area contributed by atoms with Crippen LogP contribution in [0.2, 0.25) is 0 Å². The molecule has 0 radical (unpaired) electrons. The Morgan fingerprint density at radius 1 is 0.317 bits per heavy atom. The normalized spacial score (nSPS) is 24.8. The van der Waals surface area contributed by atoms with E-state index in [1.807, 2.05) is 0 Å². The Morgan fingerprint density at radius 2 is 0.702 bits per heavy atom. The lowest BCUT2D eigenvalue weighted by Crippen LogP contribution is -2.15. The van der Waals surface area contributed by atoms with E-state index >= 15 is 0 Å². The topological polar surface area (TPSA) is 26.3 Å². The predicted octanol–water partition coefficient (Wildman–Crippen LogP) is 28.5. The van der Waals surface area contributed by atoms with Crippen LogP contribution in [0.25, 0.3) is 181 Å². The first-order valence-electron chi connectivity index (χ1n) is 61.3. The summed E-state index contributed by atoms with van der Waals surface area (Å²) < 4.78 is 551. The quantitative estimate of drug-likeness (QED) is 0.155. The van der Waals surface area contributed by atoms with E-state index in [2.05, 4.69) is 0 Å². The molecule has 2 heterocycles. The van der Waals surface area contributed by atoms with Crippen molar-refractivity contribution in [3.8, 4) is 66.8 Å². The first-order valence-corrected chi connectivity index (χ1v) is 31.8. The first kappa shape index (κ1) is 25.7. The van der Waals surface area contributed by atoms with E-state index in [-0.39, 0.29) is 22.3 Å². The predicted molar refractivity (Wildman–Crippen MR) is 440 cm³/mol. The van der Waals surface area contributed by atoms with Crippen LogP contribution in [-0.2, 0) is 10.8 Å². The minimum absolute atomic E-state index is 0.00469. The molecule has 22 rings (SSSR count). The van der Waals surface area contributed by atoms with Crippen LogP contribution in [0.3, 0.4) is 0 Å². The lowest BCUT2D eigenvalue weighted by atomic mass is 9.78. The van der Waals surface area contributed by atoms with Crippen molar-refractivity contribution in [1.82, 2.24) is 0 Å². The molecule has 19 aromatic rings. The van der Waals surface area contributed by atoms with E-state index in [0.717, 1.165) is 6.92 Å². The summed E-state index contributed by atoms with van der Waals surface area (Å²) in [5.41, 5.74) is -17.6. The van der Waals surface area contributed by atoms with Crippen molar-refractivity contribution < 1.29 is 89.7 Å². The van der Waals surface area contributed by atoms with Crippen molar-refractivity contribution in [2.45, 2.75) is 50.8 Å². The van der Waals surface area contributed by atoms with Gasteiger partial charge in [0.25, 0.3) is 0 Å². The third-order valence-electron chi connectivity index (χ3n) is 18.9. The van der Waals surface area contributed by atoms with Crippen LogP contribution in [0.4, 0.5) is 0 Å². The highest BCUT2D eigenvalue weighted by molar-refractivity contribution is 6.25. The van der Waals surface area contributed by atoms with Crippen molar-refractivity contribution in [1.29, 1.82) is 0 Å². The highest BCUT2D eigenvalue weighted by Gasteiger charge is 2.37. The Morgan fingerprint density at radius 3 is 1.21 bits per heavy atom. The second kappa shape index (κ2) is 22.9. The standard InChI is InChI=1S/C51H36O.C51H34O/c1-51(2)44-21-10-9-16-37(44)38-25-22-33(30-45(38)51)32-13-11-14-34(28-32)48-39-17-5-7-19-41(39)49(42-20-8-6-18-40(42)48)35-24-26-46-43(29-35)50-36-15-4-3-12-31(36)23-27-47(50)52-46;1-51(2)44-18-10-9-13-37(44)38-26-23-34(30-45(38)51)31-19-21-33(22-20-31)48-39-14-5-7-16-41(39)49(42-17-8-6-15-40(42)48)35-25-27-46-43(29-35)50-36-12-4-3-11-32(36)24-28-47(50)52-46/h3-27,29-30,32H,28H2,1-2H3;3-30H,1-2H3/i3D,4D,5D,6D,7D,8D,9D,10D,11D,12D,13D,14D,15D,16D,17D,18D,19D,20D,21D,22D,23D,24D,25D,26D,27D,28D,29D,30D;1D3,3D,4D,5D,6D,7D,8D,9D,10D,11D,12D,13D,14D,15D,16D,17D,18D,19D,20D,21D,22D,23D,24D,25D,26D,27D,28D,29D,30D. The highest BCUT2D eigenvalue weighted by Crippen LogP contribution is 2.54. The molecule has 2 aromatic heterocycles. The van der Waals surface area contributed by atoms with Gasteiger partial charge in [0.15, 0.2) is 0 Å². The summed E-state index contributed by atoms with van der Waals surface area (Å²) in [5, 5.41) is -9.76. The molecule has 3 unspecified atom stereocenters. The van der Waals surface area contributed by atoms with E-state index in [9.17, 15) is 38.4 Å². The molecule has 0 fully saturated rings. The lowest BCUT2D eigenvalue weighted by Gasteiger charge is -2.25. The van der Waals surface area contributed by atoms with E-state index in [4.69, 9.17) is 51.3 Å². The summed E-state index contributed by atoms with van der Waals surface area (Å²) >= 11 is 0. The second-order valence-corrected chi connectivity index (χ2v) is 25.0. The summed E-state index contributed by atoms with van der Waals surface area (Å²) in [7, 11) is 0. The van der Waals surface area contributed by atoms with Crippen LogP contribution in [0.1, 0.15) is 154 Å². The zero-order chi connectivity index (χ0) is 120. The van der Waals surface area contributed by atoms with Gasteiger partial charge in [0.2, 0.25) is 0 Å². The van der Waals surface area contributed by atoms with E-state index in [1.54, 1.807) is 0 Å². The molecule has 0 N–H and O–H groups in total. The number of hydrogen-bond acceptors (Lipinski definition) is 2. The van der Waals surface area contributed by atoms with Gasteiger partial charge in [-0.1, -0.05) is 318 Å². The molecule has 0 saturated heterocycles. The van der Waals surface area contributed by atoms with Gasteiger partial charge in [-0.2, -0.15) is 0 Å². The molecule has 3 aliphatic carbocycles. The fourth-order valence-electron chi connectivity index (χ4n) is 14.1. The maximum Gasteiger partial charge on any atom is 0.136 e. The molecule has 2 heteroatoms. The van der Waals surface area contributed by atoms with Crippen molar-refractivity contribution >= 4 is 114 Å². The zero-order valence-corrected chi connectivity index (χ0v) is 53.5. The molecule has 0 bridgehead atoms. The summed E-state index contributed by atoms with van der Waals surface area (Å²) in [6.45, 7) is 0.812. The SMILES string of the molecule is [2H]C1=C(c2c3c([2H])c([2H])c([2H])c([2H])c3c(-c3c([2H])c([2H])c4oc5c([2H])c([2H])c6c([2H])c([2H])c([2H])c([2H])c6c5c4c3[2H])c3c([2H])c([2H])c([2H])c([2H])c23)C([2H])C(c2c([2H])c([2H])c3c(c2[2H])C(C)(C)c2c([2H])c([2H])c([2H])c([2H])c2-3)C([2H])=C1[2H].[2H]c1c([2H])c([2H])c2c(c1[2H])-c1c([2H])c([2H])c(-c3c([2H])c([2H])c(-c4c5c([2H])c([2H])c([2H])c([2H])c5c(-c5c([2H])c([2H])c6oc7c([2H])c([2H])c8c([2H])c([2H])c([2H])c([2H])c8c7c6c5[2H])c5c([2H])c([2H])c([2H])c([2H])c45)c([2H])c3[2H])c([2H])c1C2(C)C([2H])([2H])[2H]. The van der Waals surface area contributed by atoms with Crippen molar-refractivity contribution in [3.05, 3.63) is 366 Å². The Hall–Kier alpha value is -12.6.